The van der Waals surface area contributed by atoms with E-state index >= 15 is 0 Å². The van der Waals surface area contributed by atoms with Crippen molar-refractivity contribution in [1.82, 2.24) is 15.5 Å². The first-order chi connectivity index (χ1) is 11.9. The molecule has 5 nitrogen and oxygen atoms in total. The van der Waals surface area contributed by atoms with Gasteiger partial charge in [-0.1, -0.05) is 50.6 Å². The van der Waals surface area contributed by atoms with Gasteiger partial charge < -0.3 is 15.5 Å². The summed E-state index contributed by atoms with van der Waals surface area (Å²) in [5.74, 6) is 1.51. The first kappa shape index (κ1) is 19.3. The number of nitrogens with zero attached hydrogens (tertiary/aromatic N) is 2. The standard InChI is InChI=1S/C20H32N4O/c1-14(2)19(25)24-10-9-18(13-24)23-20(21-5)22-12-16(4)17-8-6-7-15(3)11-17/h6-8,11,14,16,18H,9-10,12-13H2,1-5H3,(H2,21,22,23). The molecular weight excluding hydrogens is 312 g/mol. The summed E-state index contributed by atoms with van der Waals surface area (Å²) in [6, 6.07) is 8.89. The SMILES string of the molecule is CN=C(NCC(C)c1cccc(C)c1)NC1CCN(C(=O)C(C)C)C1. The molecule has 0 radical (unpaired) electrons. The molecule has 1 heterocycles. The number of rotatable bonds is 5. The summed E-state index contributed by atoms with van der Waals surface area (Å²) in [5, 5.41) is 6.87. The molecule has 0 aliphatic carbocycles. The average Bonchev–Trinajstić information content (AvgIpc) is 3.05. The highest BCUT2D eigenvalue weighted by Gasteiger charge is 2.27. The molecule has 1 fully saturated rings. The van der Waals surface area contributed by atoms with Gasteiger partial charge in [0.05, 0.1) is 0 Å². The van der Waals surface area contributed by atoms with Crippen molar-refractivity contribution in [3.05, 3.63) is 35.4 Å². The van der Waals surface area contributed by atoms with E-state index in [0.717, 1.165) is 32.0 Å². The molecule has 0 aromatic heterocycles. The van der Waals surface area contributed by atoms with Crippen LogP contribution in [0.1, 0.15) is 44.2 Å². The van der Waals surface area contributed by atoms with Crippen molar-refractivity contribution in [2.75, 3.05) is 26.7 Å². The van der Waals surface area contributed by atoms with Crippen LogP contribution in [0.3, 0.4) is 0 Å². The zero-order valence-electron chi connectivity index (χ0n) is 16.2. The Morgan fingerprint density at radius 2 is 2.12 bits per heavy atom. The van der Waals surface area contributed by atoms with Crippen LogP contribution in [0.25, 0.3) is 0 Å². The van der Waals surface area contributed by atoms with E-state index < -0.39 is 0 Å². The lowest BCUT2D eigenvalue weighted by molar-refractivity contribution is -0.133. The third-order valence-electron chi connectivity index (χ3n) is 4.75. The Hall–Kier alpha value is -2.04. The van der Waals surface area contributed by atoms with Crippen LogP contribution in [-0.4, -0.2) is 49.5 Å². The molecule has 0 saturated carbocycles. The molecule has 25 heavy (non-hydrogen) atoms. The number of carbonyl (C=O) groups excluding carboxylic acids is 1. The lowest BCUT2D eigenvalue weighted by Crippen LogP contribution is -2.46. The van der Waals surface area contributed by atoms with Crippen LogP contribution in [0.2, 0.25) is 0 Å². The van der Waals surface area contributed by atoms with Crippen LogP contribution in [0.5, 0.6) is 0 Å². The van der Waals surface area contributed by atoms with E-state index in [1.807, 2.05) is 18.7 Å². The molecule has 2 atom stereocenters. The van der Waals surface area contributed by atoms with E-state index in [1.54, 1.807) is 7.05 Å². The minimum Gasteiger partial charge on any atom is -0.356 e. The molecule has 5 heteroatoms. The lowest BCUT2D eigenvalue weighted by atomic mass is 9.99. The molecule has 0 spiro atoms. The quantitative estimate of drug-likeness (QED) is 0.637. The number of aryl methyl sites for hydroxylation is 1. The van der Waals surface area contributed by atoms with E-state index in [-0.39, 0.29) is 17.9 Å². The zero-order chi connectivity index (χ0) is 18.4. The third kappa shape index (κ3) is 5.48. The van der Waals surface area contributed by atoms with Crippen molar-refractivity contribution in [3.63, 3.8) is 0 Å². The molecule has 0 bridgehead atoms. The van der Waals surface area contributed by atoms with E-state index in [1.165, 1.54) is 11.1 Å². The number of hydrogen-bond acceptors (Lipinski definition) is 2. The molecule has 1 aliphatic rings. The predicted octanol–water partition coefficient (Wildman–Crippen LogP) is 2.52. The number of aliphatic imine (C=N–C) groups is 1. The molecule has 2 unspecified atom stereocenters. The topological polar surface area (TPSA) is 56.7 Å². The van der Waals surface area contributed by atoms with Gasteiger partial charge in [0.25, 0.3) is 0 Å². The second kappa shape index (κ2) is 8.88. The number of carbonyl (C=O) groups is 1. The van der Waals surface area contributed by atoms with Crippen LogP contribution >= 0.6 is 0 Å². The maximum atomic E-state index is 12.1. The molecule has 1 aromatic rings. The molecule has 2 rings (SSSR count). The molecular formula is C20H32N4O. The Balaban J connectivity index is 1.82. The predicted molar refractivity (Wildman–Crippen MR) is 104 cm³/mol. The van der Waals surface area contributed by atoms with Crippen molar-refractivity contribution in [1.29, 1.82) is 0 Å². The van der Waals surface area contributed by atoms with E-state index in [2.05, 4.69) is 53.7 Å². The maximum absolute atomic E-state index is 12.1. The van der Waals surface area contributed by atoms with Crippen molar-refractivity contribution in [2.24, 2.45) is 10.9 Å². The van der Waals surface area contributed by atoms with E-state index in [0.29, 0.717) is 5.92 Å². The van der Waals surface area contributed by atoms with Gasteiger partial charge in [0.2, 0.25) is 5.91 Å². The fraction of sp³-hybridized carbons (Fsp3) is 0.600. The largest absolute Gasteiger partial charge is 0.356 e. The van der Waals surface area contributed by atoms with Crippen LogP contribution < -0.4 is 10.6 Å². The summed E-state index contributed by atoms with van der Waals surface area (Å²) < 4.78 is 0. The van der Waals surface area contributed by atoms with Crippen LogP contribution in [0.4, 0.5) is 0 Å². The summed E-state index contributed by atoms with van der Waals surface area (Å²) in [5.41, 5.74) is 2.62. The summed E-state index contributed by atoms with van der Waals surface area (Å²) >= 11 is 0. The van der Waals surface area contributed by atoms with Gasteiger partial charge in [0, 0.05) is 38.6 Å². The van der Waals surface area contributed by atoms with Gasteiger partial charge in [0.1, 0.15) is 0 Å². The highest BCUT2D eigenvalue weighted by molar-refractivity contribution is 5.81. The molecule has 138 valence electrons. The fourth-order valence-electron chi connectivity index (χ4n) is 3.18. The number of hydrogen-bond donors (Lipinski definition) is 2. The maximum Gasteiger partial charge on any atom is 0.225 e. The third-order valence-corrected chi connectivity index (χ3v) is 4.75. The number of likely N-dealkylation sites (tertiary alicyclic amines) is 1. The van der Waals surface area contributed by atoms with Gasteiger partial charge >= 0.3 is 0 Å². The first-order valence-electron chi connectivity index (χ1n) is 9.23. The summed E-state index contributed by atoms with van der Waals surface area (Å²) in [6.45, 7) is 10.6. The second-order valence-electron chi connectivity index (χ2n) is 7.34. The van der Waals surface area contributed by atoms with Crippen LogP contribution in [0, 0.1) is 12.8 Å². The molecule has 1 aliphatic heterocycles. The molecule has 1 amide bonds. The van der Waals surface area contributed by atoms with Gasteiger partial charge in [-0.3, -0.25) is 9.79 Å². The lowest BCUT2D eigenvalue weighted by Gasteiger charge is -2.21. The Bertz CT molecular complexity index is 611. The number of nitrogens with one attached hydrogen (secondary N) is 2. The Morgan fingerprint density at radius 1 is 1.36 bits per heavy atom. The summed E-state index contributed by atoms with van der Waals surface area (Å²) in [7, 11) is 1.79. The van der Waals surface area contributed by atoms with E-state index in [4.69, 9.17) is 0 Å². The summed E-state index contributed by atoms with van der Waals surface area (Å²) in [4.78, 5) is 18.4. The smallest absolute Gasteiger partial charge is 0.225 e. The molecule has 2 N–H and O–H groups in total. The molecule has 1 saturated heterocycles. The van der Waals surface area contributed by atoms with Gasteiger partial charge in [-0.15, -0.1) is 0 Å². The minimum absolute atomic E-state index is 0.0615. The van der Waals surface area contributed by atoms with Gasteiger partial charge in [0.15, 0.2) is 5.96 Å². The number of guanidine groups is 1. The van der Waals surface area contributed by atoms with Crippen LogP contribution in [-0.2, 0) is 4.79 Å². The van der Waals surface area contributed by atoms with Crippen molar-refractivity contribution >= 4 is 11.9 Å². The Morgan fingerprint density at radius 3 is 2.76 bits per heavy atom. The highest BCUT2D eigenvalue weighted by atomic mass is 16.2. The monoisotopic (exact) mass is 344 g/mol. The van der Waals surface area contributed by atoms with Crippen molar-refractivity contribution < 1.29 is 4.79 Å². The normalized spacial score (nSPS) is 19.2. The van der Waals surface area contributed by atoms with Gasteiger partial charge in [-0.25, -0.2) is 0 Å². The Labute approximate surface area is 151 Å². The van der Waals surface area contributed by atoms with Gasteiger partial charge in [-0.05, 0) is 24.8 Å². The van der Waals surface area contributed by atoms with Crippen LogP contribution in [0.15, 0.2) is 29.3 Å². The van der Waals surface area contributed by atoms with Crippen molar-refractivity contribution in [2.45, 2.75) is 46.1 Å². The van der Waals surface area contributed by atoms with Crippen molar-refractivity contribution in [3.8, 4) is 0 Å². The number of benzene rings is 1. The molecule has 1 aromatic carbocycles. The fourth-order valence-corrected chi connectivity index (χ4v) is 3.18. The second-order valence-corrected chi connectivity index (χ2v) is 7.34. The van der Waals surface area contributed by atoms with E-state index in [9.17, 15) is 4.79 Å². The zero-order valence-corrected chi connectivity index (χ0v) is 16.2. The van der Waals surface area contributed by atoms with Gasteiger partial charge in [-0.2, -0.15) is 0 Å². The first-order valence-corrected chi connectivity index (χ1v) is 9.23. The summed E-state index contributed by atoms with van der Waals surface area (Å²) in [6.07, 6.45) is 0.965. The number of amides is 1. The minimum atomic E-state index is 0.0615. The average molecular weight is 345 g/mol. The highest BCUT2D eigenvalue weighted by Crippen LogP contribution is 2.16. The Kier molecular flexibility index (Phi) is 6.85.